The average molecular weight is 265 g/mol. The topological polar surface area (TPSA) is 20.3 Å². The van der Waals surface area contributed by atoms with Crippen molar-refractivity contribution in [3.05, 3.63) is 65.7 Å². The van der Waals surface area contributed by atoms with E-state index in [-0.39, 0.29) is 11.7 Å². The van der Waals surface area contributed by atoms with Crippen LogP contribution in [0.4, 0.5) is 5.69 Å². The molecule has 0 aromatic heterocycles. The Hall–Kier alpha value is -2.09. The third-order valence-corrected chi connectivity index (χ3v) is 4.03. The van der Waals surface area contributed by atoms with Gasteiger partial charge < -0.3 is 4.90 Å². The van der Waals surface area contributed by atoms with Crippen molar-refractivity contribution in [2.75, 3.05) is 11.4 Å². The summed E-state index contributed by atoms with van der Waals surface area (Å²) in [6.45, 7) is 3.39. The van der Waals surface area contributed by atoms with E-state index < -0.39 is 0 Å². The van der Waals surface area contributed by atoms with Crippen LogP contribution >= 0.6 is 0 Å². The molecular formula is C18H19NO. The molecule has 20 heavy (non-hydrogen) atoms. The predicted molar refractivity (Wildman–Crippen MR) is 81.8 cm³/mol. The zero-order valence-corrected chi connectivity index (χ0v) is 11.8. The van der Waals surface area contributed by atoms with E-state index in [9.17, 15) is 4.79 Å². The molecule has 0 spiro atoms. The lowest BCUT2D eigenvalue weighted by molar-refractivity contribution is -0.120. The minimum atomic E-state index is 0.119. The van der Waals surface area contributed by atoms with Crippen LogP contribution in [0.3, 0.4) is 0 Å². The summed E-state index contributed by atoms with van der Waals surface area (Å²) in [4.78, 5) is 14.1. The quantitative estimate of drug-likeness (QED) is 0.847. The lowest BCUT2D eigenvalue weighted by Gasteiger charge is -2.35. The molecule has 2 aromatic carbocycles. The van der Waals surface area contributed by atoms with Crippen molar-refractivity contribution in [3.63, 3.8) is 0 Å². The van der Waals surface area contributed by atoms with Gasteiger partial charge in [-0.15, -0.1) is 0 Å². The SMILES string of the molecule is CC(=O)C1Cc2ccccc2N(Cc2ccccc2)C1. The molecule has 102 valence electrons. The number of ketones is 1. The number of hydrogen-bond donors (Lipinski definition) is 0. The van der Waals surface area contributed by atoms with Gasteiger partial charge in [0, 0.05) is 24.7 Å². The molecule has 2 nitrogen and oxygen atoms in total. The first-order valence-corrected chi connectivity index (χ1v) is 7.11. The molecular weight excluding hydrogens is 246 g/mol. The second-order valence-electron chi connectivity index (χ2n) is 5.51. The summed E-state index contributed by atoms with van der Waals surface area (Å²) in [5, 5.41) is 0. The summed E-state index contributed by atoms with van der Waals surface area (Å²) in [7, 11) is 0. The van der Waals surface area contributed by atoms with Gasteiger partial charge in [0.2, 0.25) is 0 Å². The Morgan fingerprint density at radius 2 is 1.80 bits per heavy atom. The number of fused-ring (bicyclic) bond motifs is 1. The van der Waals surface area contributed by atoms with Gasteiger partial charge in [-0.1, -0.05) is 48.5 Å². The van der Waals surface area contributed by atoms with E-state index in [1.54, 1.807) is 6.92 Å². The van der Waals surface area contributed by atoms with Crippen LogP contribution in [0.15, 0.2) is 54.6 Å². The van der Waals surface area contributed by atoms with Crippen molar-refractivity contribution >= 4 is 11.5 Å². The molecule has 0 amide bonds. The van der Waals surface area contributed by atoms with Gasteiger partial charge in [-0.3, -0.25) is 4.79 Å². The van der Waals surface area contributed by atoms with Crippen molar-refractivity contribution < 1.29 is 4.79 Å². The average Bonchev–Trinajstić information content (AvgIpc) is 2.48. The van der Waals surface area contributed by atoms with Crippen LogP contribution in [0.5, 0.6) is 0 Å². The molecule has 1 unspecified atom stereocenters. The minimum Gasteiger partial charge on any atom is -0.366 e. The maximum Gasteiger partial charge on any atom is 0.135 e. The van der Waals surface area contributed by atoms with E-state index in [1.807, 2.05) is 6.07 Å². The van der Waals surface area contributed by atoms with Crippen LogP contribution in [-0.4, -0.2) is 12.3 Å². The van der Waals surface area contributed by atoms with E-state index in [0.717, 1.165) is 19.5 Å². The van der Waals surface area contributed by atoms with E-state index in [4.69, 9.17) is 0 Å². The zero-order chi connectivity index (χ0) is 13.9. The van der Waals surface area contributed by atoms with Gasteiger partial charge in [-0.25, -0.2) is 0 Å². The molecule has 0 saturated heterocycles. The van der Waals surface area contributed by atoms with Crippen molar-refractivity contribution in [2.24, 2.45) is 5.92 Å². The Morgan fingerprint density at radius 3 is 2.55 bits per heavy atom. The number of anilines is 1. The molecule has 1 aliphatic rings. The van der Waals surface area contributed by atoms with Gasteiger partial charge in [-0.05, 0) is 30.5 Å². The Labute approximate surface area is 120 Å². The monoisotopic (exact) mass is 265 g/mol. The number of rotatable bonds is 3. The van der Waals surface area contributed by atoms with Crippen molar-refractivity contribution in [1.82, 2.24) is 0 Å². The van der Waals surface area contributed by atoms with Crippen LogP contribution in [0.25, 0.3) is 0 Å². The number of Topliss-reactive ketones (excluding diaryl/α,β-unsaturated/α-hetero) is 1. The summed E-state index contributed by atoms with van der Waals surface area (Å²) < 4.78 is 0. The van der Waals surface area contributed by atoms with Crippen molar-refractivity contribution in [2.45, 2.75) is 19.9 Å². The molecule has 0 aliphatic carbocycles. The fourth-order valence-corrected chi connectivity index (χ4v) is 2.91. The van der Waals surface area contributed by atoms with Crippen LogP contribution in [0.2, 0.25) is 0 Å². The molecule has 1 aliphatic heterocycles. The van der Waals surface area contributed by atoms with E-state index in [1.165, 1.54) is 16.8 Å². The van der Waals surface area contributed by atoms with E-state index in [2.05, 4.69) is 53.4 Å². The van der Waals surface area contributed by atoms with Crippen molar-refractivity contribution in [3.8, 4) is 0 Å². The fraction of sp³-hybridized carbons (Fsp3) is 0.278. The van der Waals surface area contributed by atoms with Gasteiger partial charge in [0.25, 0.3) is 0 Å². The van der Waals surface area contributed by atoms with E-state index >= 15 is 0 Å². The van der Waals surface area contributed by atoms with Crippen LogP contribution in [-0.2, 0) is 17.8 Å². The summed E-state index contributed by atoms with van der Waals surface area (Å²) in [6.07, 6.45) is 0.872. The summed E-state index contributed by atoms with van der Waals surface area (Å²) in [5.74, 6) is 0.408. The Kier molecular flexibility index (Phi) is 3.55. The molecule has 2 heteroatoms. The Morgan fingerprint density at radius 1 is 1.10 bits per heavy atom. The van der Waals surface area contributed by atoms with E-state index in [0.29, 0.717) is 0 Å². The number of carbonyl (C=O) groups excluding carboxylic acids is 1. The first-order chi connectivity index (χ1) is 9.74. The first-order valence-electron chi connectivity index (χ1n) is 7.11. The molecule has 0 saturated carbocycles. The predicted octanol–water partition coefficient (Wildman–Crippen LogP) is 3.45. The third kappa shape index (κ3) is 2.60. The van der Waals surface area contributed by atoms with Gasteiger partial charge >= 0.3 is 0 Å². The zero-order valence-electron chi connectivity index (χ0n) is 11.8. The largest absolute Gasteiger partial charge is 0.366 e. The Balaban J connectivity index is 1.91. The fourth-order valence-electron chi connectivity index (χ4n) is 2.91. The molecule has 0 bridgehead atoms. The molecule has 3 rings (SSSR count). The highest BCUT2D eigenvalue weighted by molar-refractivity contribution is 5.80. The maximum atomic E-state index is 11.8. The highest BCUT2D eigenvalue weighted by atomic mass is 16.1. The van der Waals surface area contributed by atoms with Gasteiger partial charge in [0.15, 0.2) is 0 Å². The molecule has 2 aromatic rings. The Bertz CT molecular complexity index is 606. The van der Waals surface area contributed by atoms with Crippen LogP contribution in [0.1, 0.15) is 18.1 Å². The van der Waals surface area contributed by atoms with Crippen LogP contribution < -0.4 is 4.90 Å². The van der Waals surface area contributed by atoms with Crippen molar-refractivity contribution in [1.29, 1.82) is 0 Å². The number of para-hydroxylation sites is 1. The second-order valence-corrected chi connectivity index (χ2v) is 5.51. The van der Waals surface area contributed by atoms with Gasteiger partial charge in [0.05, 0.1) is 0 Å². The number of carbonyl (C=O) groups is 1. The summed E-state index contributed by atoms with van der Waals surface area (Å²) >= 11 is 0. The number of nitrogens with zero attached hydrogens (tertiary/aromatic N) is 1. The second kappa shape index (κ2) is 5.49. The first kappa shape index (κ1) is 12.9. The lowest BCUT2D eigenvalue weighted by Crippen LogP contribution is -2.37. The van der Waals surface area contributed by atoms with Gasteiger partial charge in [-0.2, -0.15) is 0 Å². The molecule has 0 N–H and O–H groups in total. The number of benzene rings is 2. The maximum absolute atomic E-state index is 11.8. The smallest absolute Gasteiger partial charge is 0.135 e. The minimum absolute atomic E-state index is 0.119. The van der Waals surface area contributed by atoms with Crippen LogP contribution in [0, 0.1) is 5.92 Å². The van der Waals surface area contributed by atoms with Gasteiger partial charge in [0.1, 0.15) is 5.78 Å². The standard InChI is InChI=1S/C18H19NO/c1-14(20)17-11-16-9-5-6-10-18(16)19(13-17)12-15-7-3-2-4-8-15/h2-10,17H,11-13H2,1H3. The molecule has 1 atom stereocenters. The highest BCUT2D eigenvalue weighted by Gasteiger charge is 2.26. The third-order valence-electron chi connectivity index (χ3n) is 4.03. The molecule has 0 radical (unpaired) electrons. The summed E-state index contributed by atoms with van der Waals surface area (Å²) in [5.41, 5.74) is 3.84. The summed E-state index contributed by atoms with van der Waals surface area (Å²) in [6, 6.07) is 18.9. The lowest BCUT2D eigenvalue weighted by atomic mass is 9.89. The molecule has 0 fully saturated rings. The number of hydrogen-bond acceptors (Lipinski definition) is 2. The molecule has 1 heterocycles. The highest BCUT2D eigenvalue weighted by Crippen LogP contribution is 2.31. The normalized spacial score (nSPS) is 17.6.